The van der Waals surface area contributed by atoms with Crippen LogP contribution in [-0.2, 0) is 0 Å². The number of nitrogens with two attached hydrogens (primary N) is 2. The van der Waals surface area contributed by atoms with Crippen LogP contribution in [-0.4, -0.2) is 5.91 Å². The molecule has 0 aliphatic heterocycles. The molecule has 86 valence electrons. The second-order valence-corrected chi connectivity index (χ2v) is 4.65. The summed E-state index contributed by atoms with van der Waals surface area (Å²) >= 11 is 1.56. The van der Waals surface area contributed by atoms with Gasteiger partial charge in [-0.2, -0.15) is 0 Å². The van der Waals surface area contributed by atoms with E-state index in [1.807, 2.05) is 36.4 Å². The number of carbonyl (C=O) groups excluding carboxylic acids is 1. The Morgan fingerprint density at radius 1 is 1.06 bits per heavy atom. The zero-order valence-electron chi connectivity index (χ0n) is 9.09. The monoisotopic (exact) mass is 244 g/mol. The number of amides is 1. The Bertz CT molecular complexity index is 540. The van der Waals surface area contributed by atoms with Gasteiger partial charge in [0.15, 0.2) is 0 Å². The van der Waals surface area contributed by atoms with E-state index in [9.17, 15) is 4.79 Å². The van der Waals surface area contributed by atoms with Crippen molar-refractivity contribution in [1.82, 2.24) is 0 Å². The molecule has 0 unspecified atom stereocenters. The summed E-state index contributed by atoms with van der Waals surface area (Å²) in [7, 11) is 0. The Kier molecular flexibility index (Phi) is 3.35. The molecule has 2 rings (SSSR count). The Balaban J connectivity index is 2.26. The summed E-state index contributed by atoms with van der Waals surface area (Å²) in [6.07, 6.45) is 0. The quantitative estimate of drug-likeness (QED) is 0.815. The van der Waals surface area contributed by atoms with Crippen molar-refractivity contribution in [1.29, 1.82) is 0 Å². The Morgan fingerprint density at radius 2 is 1.76 bits per heavy atom. The van der Waals surface area contributed by atoms with Crippen molar-refractivity contribution in [2.45, 2.75) is 9.79 Å². The lowest BCUT2D eigenvalue weighted by Crippen LogP contribution is -2.11. The molecule has 0 aliphatic carbocycles. The highest BCUT2D eigenvalue weighted by Crippen LogP contribution is 2.32. The van der Waals surface area contributed by atoms with Crippen LogP contribution in [0.15, 0.2) is 58.3 Å². The first-order chi connectivity index (χ1) is 8.16. The average molecular weight is 244 g/mol. The van der Waals surface area contributed by atoms with Crippen molar-refractivity contribution in [3.63, 3.8) is 0 Å². The maximum atomic E-state index is 11.0. The van der Waals surface area contributed by atoms with E-state index in [0.717, 1.165) is 9.79 Å². The second-order valence-electron chi connectivity index (χ2n) is 3.53. The van der Waals surface area contributed by atoms with E-state index in [2.05, 4.69) is 0 Å². The number of nitrogen functional groups attached to an aromatic ring is 1. The fourth-order valence-electron chi connectivity index (χ4n) is 1.41. The van der Waals surface area contributed by atoms with Crippen LogP contribution in [0, 0.1) is 0 Å². The molecule has 17 heavy (non-hydrogen) atoms. The Morgan fingerprint density at radius 3 is 2.35 bits per heavy atom. The minimum atomic E-state index is -0.465. The third-order valence-corrected chi connectivity index (χ3v) is 3.36. The van der Waals surface area contributed by atoms with E-state index in [0.29, 0.717) is 11.3 Å². The smallest absolute Gasteiger partial charge is 0.248 e. The second kappa shape index (κ2) is 4.93. The first kappa shape index (κ1) is 11.5. The van der Waals surface area contributed by atoms with Gasteiger partial charge in [-0.25, -0.2) is 0 Å². The number of primary amides is 1. The number of benzene rings is 2. The molecular weight excluding hydrogens is 232 g/mol. The summed E-state index contributed by atoms with van der Waals surface area (Å²) in [4.78, 5) is 13.0. The maximum absolute atomic E-state index is 11.0. The molecule has 0 saturated heterocycles. The first-order valence-corrected chi connectivity index (χ1v) is 5.90. The third kappa shape index (κ3) is 2.79. The highest BCUT2D eigenvalue weighted by molar-refractivity contribution is 7.99. The van der Waals surface area contributed by atoms with Crippen molar-refractivity contribution in [3.05, 3.63) is 54.1 Å². The first-order valence-electron chi connectivity index (χ1n) is 5.09. The summed E-state index contributed by atoms with van der Waals surface area (Å²) in [5.41, 5.74) is 12.1. The normalized spacial score (nSPS) is 10.1. The molecule has 0 bridgehead atoms. The van der Waals surface area contributed by atoms with Crippen LogP contribution >= 0.6 is 11.8 Å². The molecule has 4 heteroatoms. The van der Waals surface area contributed by atoms with Gasteiger partial charge in [-0.3, -0.25) is 4.79 Å². The van der Waals surface area contributed by atoms with Crippen LogP contribution < -0.4 is 11.5 Å². The van der Waals surface area contributed by atoms with Gasteiger partial charge >= 0.3 is 0 Å². The van der Waals surface area contributed by atoms with Crippen molar-refractivity contribution in [3.8, 4) is 0 Å². The van der Waals surface area contributed by atoms with Crippen LogP contribution in [0.5, 0.6) is 0 Å². The summed E-state index contributed by atoms with van der Waals surface area (Å²) in [5, 5.41) is 0. The predicted octanol–water partition coefficient (Wildman–Crippen LogP) is 2.52. The van der Waals surface area contributed by atoms with Crippen LogP contribution in [0.1, 0.15) is 10.4 Å². The largest absolute Gasteiger partial charge is 0.398 e. The molecule has 4 N–H and O–H groups in total. The summed E-state index contributed by atoms with van der Waals surface area (Å²) in [6, 6.07) is 15.0. The Labute approximate surface area is 104 Å². The lowest BCUT2D eigenvalue weighted by Gasteiger charge is -2.06. The van der Waals surface area contributed by atoms with Gasteiger partial charge in [-0.15, -0.1) is 0 Å². The number of anilines is 1. The van der Waals surface area contributed by atoms with Gasteiger partial charge < -0.3 is 11.5 Å². The molecule has 0 aromatic heterocycles. The Hall–Kier alpha value is -1.94. The molecule has 0 radical (unpaired) electrons. The zero-order valence-corrected chi connectivity index (χ0v) is 9.91. The molecule has 0 saturated carbocycles. The predicted molar refractivity (Wildman–Crippen MR) is 69.9 cm³/mol. The third-order valence-electron chi connectivity index (χ3n) is 2.27. The van der Waals surface area contributed by atoms with Crippen molar-refractivity contribution < 1.29 is 4.79 Å². The number of hydrogen-bond donors (Lipinski definition) is 2. The van der Waals surface area contributed by atoms with E-state index in [1.54, 1.807) is 23.9 Å². The van der Waals surface area contributed by atoms with Gasteiger partial charge in [0.05, 0.1) is 0 Å². The lowest BCUT2D eigenvalue weighted by molar-refractivity contribution is 0.100. The molecular formula is C13H12N2OS. The summed E-state index contributed by atoms with van der Waals surface area (Å²) in [5.74, 6) is -0.465. The van der Waals surface area contributed by atoms with Gasteiger partial charge in [0.2, 0.25) is 5.91 Å². The fourth-order valence-corrected chi connectivity index (χ4v) is 2.27. The van der Waals surface area contributed by atoms with Gasteiger partial charge in [0, 0.05) is 21.0 Å². The van der Waals surface area contributed by atoms with Gasteiger partial charge in [0.25, 0.3) is 0 Å². The van der Waals surface area contributed by atoms with Crippen LogP contribution in [0.25, 0.3) is 0 Å². The van der Waals surface area contributed by atoms with E-state index >= 15 is 0 Å². The molecule has 0 atom stereocenters. The molecule has 3 nitrogen and oxygen atoms in total. The topological polar surface area (TPSA) is 69.1 Å². The van der Waals surface area contributed by atoms with Crippen LogP contribution in [0.4, 0.5) is 5.69 Å². The summed E-state index contributed by atoms with van der Waals surface area (Å²) in [6.45, 7) is 0. The minimum absolute atomic E-state index is 0.430. The molecule has 2 aromatic rings. The van der Waals surface area contributed by atoms with Crippen molar-refractivity contribution in [2.24, 2.45) is 5.73 Å². The van der Waals surface area contributed by atoms with E-state index < -0.39 is 5.91 Å². The van der Waals surface area contributed by atoms with E-state index in [4.69, 9.17) is 11.5 Å². The molecule has 1 amide bonds. The van der Waals surface area contributed by atoms with Gasteiger partial charge in [0.1, 0.15) is 0 Å². The lowest BCUT2D eigenvalue weighted by atomic mass is 10.2. The zero-order chi connectivity index (χ0) is 12.3. The maximum Gasteiger partial charge on any atom is 0.248 e. The minimum Gasteiger partial charge on any atom is -0.398 e. The number of rotatable bonds is 3. The average Bonchev–Trinajstić information content (AvgIpc) is 2.33. The molecule has 0 aliphatic rings. The van der Waals surface area contributed by atoms with Gasteiger partial charge in [-0.1, -0.05) is 30.0 Å². The van der Waals surface area contributed by atoms with Crippen molar-refractivity contribution in [2.75, 3.05) is 5.73 Å². The van der Waals surface area contributed by atoms with Crippen molar-refractivity contribution >= 4 is 23.4 Å². The fraction of sp³-hybridized carbons (Fsp3) is 0. The highest BCUT2D eigenvalue weighted by Gasteiger charge is 2.05. The highest BCUT2D eigenvalue weighted by atomic mass is 32.2. The van der Waals surface area contributed by atoms with E-state index in [1.165, 1.54) is 0 Å². The molecule has 0 fully saturated rings. The number of hydrogen-bond acceptors (Lipinski definition) is 3. The van der Waals surface area contributed by atoms with E-state index in [-0.39, 0.29) is 0 Å². The molecule has 0 heterocycles. The molecule has 2 aromatic carbocycles. The summed E-state index contributed by atoms with van der Waals surface area (Å²) < 4.78 is 0. The van der Waals surface area contributed by atoms with Gasteiger partial charge in [-0.05, 0) is 30.3 Å². The van der Waals surface area contributed by atoms with Crippen LogP contribution in [0.3, 0.4) is 0 Å². The standard InChI is InChI=1S/C13H12N2OS/c14-11-8-9(13(15)16)6-7-12(11)17-10-4-2-1-3-5-10/h1-8H,14H2,(H2,15,16). The number of carbonyl (C=O) groups is 1. The molecule has 0 spiro atoms. The SMILES string of the molecule is NC(=O)c1ccc(Sc2ccccc2)c(N)c1. The van der Waals surface area contributed by atoms with Crippen LogP contribution in [0.2, 0.25) is 0 Å².